The molecular weight excluding hydrogens is 230 g/mol. The Morgan fingerprint density at radius 1 is 1.69 bits per heavy atom. The quantitative estimate of drug-likeness (QED) is 0.729. The first-order chi connectivity index (χ1) is 7.54. The summed E-state index contributed by atoms with van der Waals surface area (Å²) >= 11 is 5.75. The number of hydrogen-bond donors (Lipinski definition) is 3. The minimum absolute atomic E-state index is 0.0321. The Hall–Kier alpha value is -1.77. The molecule has 1 atom stereocenters. The van der Waals surface area contributed by atoms with Crippen LogP contribution in [0, 0.1) is 11.3 Å². The van der Waals surface area contributed by atoms with E-state index in [-0.39, 0.29) is 6.54 Å². The Labute approximate surface area is 97.4 Å². The molecular formula is C10H10ClN3O2. The number of carbonyl (C=O) groups is 1. The van der Waals surface area contributed by atoms with Crippen LogP contribution >= 0.6 is 11.6 Å². The Bertz CT molecular complexity index is 442. The van der Waals surface area contributed by atoms with Gasteiger partial charge in [0.15, 0.2) is 0 Å². The van der Waals surface area contributed by atoms with E-state index in [2.05, 4.69) is 5.32 Å². The number of nitrogens with zero attached hydrogens (tertiary/aromatic N) is 1. The average molecular weight is 240 g/mol. The highest BCUT2D eigenvalue weighted by molar-refractivity contribution is 6.30. The van der Waals surface area contributed by atoms with E-state index in [4.69, 9.17) is 27.7 Å². The fourth-order valence-corrected chi connectivity index (χ4v) is 1.24. The maximum absolute atomic E-state index is 10.5. The molecule has 0 aliphatic carbocycles. The van der Waals surface area contributed by atoms with Crippen molar-refractivity contribution in [1.29, 1.82) is 5.26 Å². The molecule has 1 aromatic rings. The van der Waals surface area contributed by atoms with E-state index in [9.17, 15) is 4.79 Å². The Morgan fingerprint density at radius 2 is 2.38 bits per heavy atom. The summed E-state index contributed by atoms with van der Waals surface area (Å²) in [6, 6.07) is 5.63. The molecule has 0 aliphatic heterocycles. The predicted molar refractivity (Wildman–Crippen MR) is 60.3 cm³/mol. The normalized spacial score (nSPS) is 11.6. The van der Waals surface area contributed by atoms with Gasteiger partial charge in [0.25, 0.3) is 0 Å². The van der Waals surface area contributed by atoms with Gasteiger partial charge < -0.3 is 16.2 Å². The van der Waals surface area contributed by atoms with E-state index in [1.54, 1.807) is 18.2 Å². The van der Waals surface area contributed by atoms with Gasteiger partial charge in [-0.3, -0.25) is 4.79 Å². The second-order valence-electron chi connectivity index (χ2n) is 3.13. The fraction of sp³-hybridized carbons (Fsp3) is 0.200. The summed E-state index contributed by atoms with van der Waals surface area (Å²) < 4.78 is 0. The first-order valence-corrected chi connectivity index (χ1v) is 4.84. The second kappa shape index (κ2) is 5.35. The lowest BCUT2D eigenvalue weighted by molar-refractivity contribution is -0.138. The Morgan fingerprint density at radius 3 is 2.94 bits per heavy atom. The van der Waals surface area contributed by atoms with Gasteiger partial charge in [-0.2, -0.15) is 5.26 Å². The molecule has 0 fully saturated rings. The van der Waals surface area contributed by atoms with E-state index in [1.807, 2.05) is 6.07 Å². The molecule has 0 saturated carbocycles. The largest absolute Gasteiger partial charge is 0.480 e. The standard InChI is InChI=1S/C10H10ClN3O2/c11-7-2-1-6(4-12)9(3-7)14-5-8(13)10(15)16/h1-3,8,14H,5,13H2,(H,15,16). The zero-order chi connectivity index (χ0) is 12.1. The number of aliphatic carboxylic acids is 1. The molecule has 0 spiro atoms. The smallest absolute Gasteiger partial charge is 0.322 e. The summed E-state index contributed by atoms with van der Waals surface area (Å²) in [5.41, 5.74) is 6.19. The Balaban J connectivity index is 2.77. The first-order valence-electron chi connectivity index (χ1n) is 4.46. The van der Waals surface area contributed by atoms with Gasteiger partial charge in [-0.15, -0.1) is 0 Å². The van der Waals surface area contributed by atoms with Crippen LogP contribution in [-0.2, 0) is 4.79 Å². The lowest BCUT2D eigenvalue weighted by atomic mass is 10.2. The number of nitrogens with one attached hydrogen (secondary N) is 1. The predicted octanol–water partition coefficient (Wildman–Crippen LogP) is 1.04. The molecule has 0 amide bonds. The van der Waals surface area contributed by atoms with Crippen molar-refractivity contribution in [3.63, 3.8) is 0 Å². The zero-order valence-electron chi connectivity index (χ0n) is 8.27. The van der Waals surface area contributed by atoms with E-state index in [0.717, 1.165) is 0 Å². The Kier molecular flexibility index (Phi) is 4.11. The van der Waals surface area contributed by atoms with Crippen LogP contribution in [0.3, 0.4) is 0 Å². The van der Waals surface area contributed by atoms with Crippen LogP contribution in [0.5, 0.6) is 0 Å². The van der Waals surface area contributed by atoms with Gasteiger partial charge in [0.2, 0.25) is 0 Å². The molecule has 1 aromatic carbocycles. The molecule has 6 heteroatoms. The van der Waals surface area contributed by atoms with Gasteiger partial charge in [0.1, 0.15) is 12.1 Å². The summed E-state index contributed by atoms with van der Waals surface area (Å²) in [5.74, 6) is -1.10. The molecule has 0 saturated heterocycles. The SMILES string of the molecule is N#Cc1ccc(Cl)cc1NCC(N)C(=O)O. The number of halogens is 1. The molecule has 0 heterocycles. The molecule has 0 aliphatic rings. The molecule has 4 N–H and O–H groups in total. The minimum atomic E-state index is -1.10. The topological polar surface area (TPSA) is 99.1 Å². The molecule has 0 bridgehead atoms. The second-order valence-corrected chi connectivity index (χ2v) is 3.56. The minimum Gasteiger partial charge on any atom is -0.480 e. The lowest BCUT2D eigenvalue weighted by Gasteiger charge is -2.11. The van der Waals surface area contributed by atoms with Gasteiger partial charge in [-0.05, 0) is 18.2 Å². The van der Waals surface area contributed by atoms with Crippen molar-refractivity contribution in [3.8, 4) is 6.07 Å². The van der Waals surface area contributed by atoms with Gasteiger partial charge in [0, 0.05) is 11.6 Å². The molecule has 1 rings (SSSR count). The van der Waals surface area contributed by atoms with Crippen molar-refractivity contribution in [2.24, 2.45) is 5.73 Å². The summed E-state index contributed by atoms with van der Waals surface area (Å²) in [7, 11) is 0. The van der Waals surface area contributed by atoms with Crippen LogP contribution in [0.15, 0.2) is 18.2 Å². The van der Waals surface area contributed by atoms with E-state index in [1.165, 1.54) is 0 Å². The van der Waals surface area contributed by atoms with Crippen molar-refractivity contribution < 1.29 is 9.90 Å². The van der Waals surface area contributed by atoms with Crippen LogP contribution in [0.25, 0.3) is 0 Å². The highest BCUT2D eigenvalue weighted by Crippen LogP contribution is 2.20. The monoisotopic (exact) mass is 239 g/mol. The molecule has 1 unspecified atom stereocenters. The maximum atomic E-state index is 10.5. The van der Waals surface area contributed by atoms with Gasteiger partial charge in [0.05, 0.1) is 11.3 Å². The van der Waals surface area contributed by atoms with Crippen molar-refractivity contribution >= 4 is 23.3 Å². The maximum Gasteiger partial charge on any atom is 0.322 e. The third-order valence-electron chi connectivity index (χ3n) is 1.93. The number of benzene rings is 1. The lowest BCUT2D eigenvalue weighted by Crippen LogP contribution is -2.37. The highest BCUT2D eigenvalue weighted by atomic mass is 35.5. The number of carboxylic acids is 1. The molecule has 5 nitrogen and oxygen atoms in total. The van der Waals surface area contributed by atoms with E-state index >= 15 is 0 Å². The number of rotatable bonds is 4. The summed E-state index contributed by atoms with van der Waals surface area (Å²) in [6.45, 7) is 0.0321. The van der Waals surface area contributed by atoms with Gasteiger partial charge >= 0.3 is 5.97 Å². The van der Waals surface area contributed by atoms with Gasteiger partial charge in [-0.25, -0.2) is 0 Å². The fourth-order valence-electron chi connectivity index (χ4n) is 1.07. The molecule has 0 radical (unpaired) electrons. The summed E-state index contributed by atoms with van der Waals surface area (Å²) in [4.78, 5) is 10.5. The zero-order valence-corrected chi connectivity index (χ0v) is 9.03. The molecule has 84 valence electrons. The number of carboxylic acid groups (broad SMARTS) is 1. The number of anilines is 1. The number of nitriles is 1. The average Bonchev–Trinajstić information content (AvgIpc) is 2.25. The van der Waals surface area contributed by atoms with E-state index in [0.29, 0.717) is 16.3 Å². The van der Waals surface area contributed by atoms with Crippen LogP contribution in [-0.4, -0.2) is 23.7 Å². The van der Waals surface area contributed by atoms with Crippen molar-refractivity contribution in [2.45, 2.75) is 6.04 Å². The first kappa shape index (κ1) is 12.3. The third-order valence-corrected chi connectivity index (χ3v) is 2.17. The van der Waals surface area contributed by atoms with Crippen LogP contribution < -0.4 is 11.1 Å². The highest BCUT2D eigenvalue weighted by Gasteiger charge is 2.11. The third kappa shape index (κ3) is 3.12. The summed E-state index contributed by atoms with van der Waals surface area (Å²) in [6.07, 6.45) is 0. The van der Waals surface area contributed by atoms with E-state index < -0.39 is 12.0 Å². The van der Waals surface area contributed by atoms with Gasteiger partial charge in [-0.1, -0.05) is 11.6 Å². The summed E-state index contributed by atoms with van der Waals surface area (Å²) in [5, 5.41) is 20.6. The van der Waals surface area contributed by atoms with Crippen LogP contribution in [0.4, 0.5) is 5.69 Å². The van der Waals surface area contributed by atoms with Crippen molar-refractivity contribution in [2.75, 3.05) is 11.9 Å². The van der Waals surface area contributed by atoms with Crippen molar-refractivity contribution in [3.05, 3.63) is 28.8 Å². The number of nitrogens with two attached hydrogens (primary N) is 1. The number of hydrogen-bond acceptors (Lipinski definition) is 4. The molecule has 0 aromatic heterocycles. The molecule has 16 heavy (non-hydrogen) atoms. The van der Waals surface area contributed by atoms with Crippen molar-refractivity contribution in [1.82, 2.24) is 0 Å². The van der Waals surface area contributed by atoms with Crippen LogP contribution in [0.1, 0.15) is 5.56 Å². The van der Waals surface area contributed by atoms with Crippen LogP contribution in [0.2, 0.25) is 5.02 Å².